The first-order valence-electron chi connectivity index (χ1n) is 5.48. The average molecular weight is 248 g/mol. The maximum Gasteiger partial charge on any atom is 0.208 e. The summed E-state index contributed by atoms with van der Waals surface area (Å²) in [6.07, 6.45) is 0. The second-order valence-corrected chi connectivity index (χ2v) is 5.70. The molecule has 1 heterocycles. The molecule has 0 fully saturated rings. The van der Waals surface area contributed by atoms with Gasteiger partial charge in [-0.15, -0.1) is 0 Å². The number of hydrogen-bond donors (Lipinski definition) is 0. The lowest BCUT2D eigenvalue weighted by Gasteiger charge is -2.17. The van der Waals surface area contributed by atoms with Crippen LogP contribution >= 0.6 is 11.6 Å². The lowest BCUT2D eigenvalue weighted by atomic mass is 9.85. The summed E-state index contributed by atoms with van der Waals surface area (Å²) in [6, 6.07) is 5.85. The Morgan fingerprint density at radius 2 is 1.94 bits per heavy atom. The van der Waals surface area contributed by atoms with Crippen molar-refractivity contribution in [2.75, 3.05) is 0 Å². The highest BCUT2D eigenvalue weighted by Crippen LogP contribution is 2.37. The van der Waals surface area contributed by atoms with Crippen molar-refractivity contribution in [3.63, 3.8) is 0 Å². The standard InChI is InChI=1S/C14H14ClNO/c1-8-5-9(15)6-10-12(14(2,3)4)11(7-16)17-13(8)10/h5-6H,1-4H3. The molecule has 0 radical (unpaired) electrons. The van der Waals surface area contributed by atoms with Gasteiger partial charge in [0.15, 0.2) is 0 Å². The van der Waals surface area contributed by atoms with E-state index in [0.29, 0.717) is 10.8 Å². The van der Waals surface area contributed by atoms with Crippen molar-refractivity contribution in [1.29, 1.82) is 5.26 Å². The zero-order chi connectivity index (χ0) is 12.8. The van der Waals surface area contributed by atoms with Crippen LogP contribution in [0.1, 0.15) is 37.7 Å². The molecule has 3 heteroatoms. The highest BCUT2D eigenvalue weighted by molar-refractivity contribution is 6.31. The Hall–Kier alpha value is -1.46. The van der Waals surface area contributed by atoms with E-state index in [2.05, 4.69) is 26.8 Å². The summed E-state index contributed by atoms with van der Waals surface area (Å²) < 4.78 is 5.64. The Morgan fingerprint density at radius 1 is 1.29 bits per heavy atom. The predicted octanol–water partition coefficient (Wildman–Crippen LogP) is 4.56. The zero-order valence-corrected chi connectivity index (χ0v) is 11.1. The van der Waals surface area contributed by atoms with E-state index in [1.54, 1.807) is 0 Å². The second-order valence-electron chi connectivity index (χ2n) is 5.27. The monoisotopic (exact) mass is 247 g/mol. The Balaban J connectivity index is 2.95. The van der Waals surface area contributed by atoms with Crippen molar-refractivity contribution in [1.82, 2.24) is 0 Å². The molecule has 0 atom stereocenters. The van der Waals surface area contributed by atoms with Gasteiger partial charge in [0.2, 0.25) is 5.76 Å². The molecule has 0 bridgehead atoms. The first kappa shape index (κ1) is 12.0. The van der Waals surface area contributed by atoms with Gasteiger partial charge in [-0.2, -0.15) is 5.26 Å². The van der Waals surface area contributed by atoms with E-state index < -0.39 is 0 Å². The second kappa shape index (κ2) is 3.78. The molecule has 1 aromatic heterocycles. The van der Waals surface area contributed by atoms with Crippen molar-refractivity contribution in [2.24, 2.45) is 0 Å². The van der Waals surface area contributed by atoms with Crippen LogP contribution in [0.3, 0.4) is 0 Å². The van der Waals surface area contributed by atoms with Gasteiger partial charge in [-0.05, 0) is 30.0 Å². The van der Waals surface area contributed by atoms with Gasteiger partial charge >= 0.3 is 0 Å². The Labute approximate surface area is 106 Å². The highest BCUT2D eigenvalue weighted by Gasteiger charge is 2.26. The van der Waals surface area contributed by atoms with Crippen LogP contribution in [-0.4, -0.2) is 0 Å². The van der Waals surface area contributed by atoms with Gasteiger partial charge in [-0.1, -0.05) is 32.4 Å². The molecule has 2 nitrogen and oxygen atoms in total. The topological polar surface area (TPSA) is 36.9 Å². The van der Waals surface area contributed by atoms with Gasteiger partial charge in [0.1, 0.15) is 11.7 Å². The normalized spacial score (nSPS) is 11.8. The Morgan fingerprint density at radius 3 is 2.47 bits per heavy atom. The number of halogens is 1. The van der Waals surface area contributed by atoms with Crippen molar-refractivity contribution >= 4 is 22.6 Å². The number of fused-ring (bicyclic) bond motifs is 1. The third-order valence-corrected chi connectivity index (χ3v) is 3.01. The predicted molar refractivity (Wildman–Crippen MR) is 69.4 cm³/mol. The fraction of sp³-hybridized carbons (Fsp3) is 0.357. The zero-order valence-electron chi connectivity index (χ0n) is 10.4. The van der Waals surface area contributed by atoms with Gasteiger partial charge in [-0.3, -0.25) is 0 Å². The molecule has 0 aliphatic heterocycles. The molecule has 0 aliphatic rings. The van der Waals surface area contributed by atoms with Crippen LogP contribution in [0.4, 0.5) is 0 Å². The number of furan rings is 1. The van der Waals surface area contributed by atoms with Gasteiger partial charge in [-0.25, -0.2) is 0 Å². The van der Waals surface area contributed by atoms with E-state index in [0.717, 1.165) is 22.1 Å². The van der Waals surface area contributed by atoms with Crippen molar-refractivity contribution in [3.8, 4) is 6.07 Å². The van der Waals surface area contributed by atoms with E-state index in [4.69, 9.17) is 21.3 Å². The molecule has 2 rings (SSSR count). The fourth-order valence-electron chi connectivity index (χ4n) is 2.15. The summed E-state index contributed by atoms with van der Waals surface area (Å²) in [4.78, 5) is 0. The molecule has 1 aromatic carbocycles. The first-order valence-corrected chi connectivity index (χ1v) is 5.85. The lowest BCUT2D eigenvalue weighted by Crippen LogP contribution is -2.11. The van der Waals surface area contributed by atoms with Crippen molar-refractivity contribution < 1.29 is 4.42 Å². The Bertz CT molecular complexity index is 626. The average Bonchev–Trinajstić information content (AvgIpc) is 2.55. The summed E-state index contributed by atoms with van der Waals surface area (Å²) in [5, 5.41) is 10.8. The lowest BCUT2D eigenvalue weighted by molar-refractivity contribution is 0.545. The highest BCUT2D eigenvalue weighted by atomic mass is 35.5. The van der Waals surface area contributed by atoms with Crippen LogP contribution < -0.4 is 0 Å². The maximum absolute atomic E-state index is 9.17. The molecule has 88 valence electrons. The molecule has 17 heavy (non-hydrogen) atoms. The third-order valence-electron chi connectivity index (χ3n) is 2.79. The largest absolute Gasteiger partial charge is 0.445 e. The number of benzene rings is 1. The van der Waals surface area contributed by atoms with Crippen molar-refractivity contribution in [2.45, 2.75) is 33.1 Å². The minimum absolute atomic E-state index is 0.145. The van der Waals surface area contributed by atoms with Gasteiger partial charge < -0.3 is 4.42 Å². The number of nitrogens with zero attached hydrogens (tertiary/aromatic N) is 1. The van der Waals surface area contributed by atoms with Gasteiger partial charge in [0.05, 0.1) is 0 Å². The van der Waals surface area contributed by atoms with Crippen LogP contribution in [-0.2, 0) is 5.41 Å². The van der Waals surface area contributed by atoms with E-state index in [1.807, 2.05) is 19.1 Å². The van der Waals surface area contributed by atoms with E-state index in [-0.39, 0.29) is 5.41 Å². The number of hydrogen-bond acceptors (Lipinski definition) is 2. The van der Waals surface area contributed by atoms with E-state index in [1.165, 1.54) is 0 Å². The third kappa shape index (κ3) is 1.92. The summed E-state index contributed by atoms with van der Waals surface area (Å²) in [5.74, 6) is 0.387. The van der Waals surface area contributed by atoms with Gasteiger partial charge in [0.25, 0.3) is 0 Å². The first-order chi connectivity index (χ1) is 7.84. The fourth-order valence-corrected chi connectivity index (χ4v) is 2.42. The number of rotatable bonds is 0. The summed E-state index contributed by atoms with van der Waals surface area (Å²) in [7, 11) is 0. The van der Waals surface area contributed by atoms with Gasteiger partial charge in [0, 0.05) is 16.0 Å². The molecule has 0 saturated carbocycles. The molecular weight excluding hydrogens is 234 g/mol. The van der Waals surface area contributed by atoms with Crippen molar-refractivity contribution in [3.05, 3.63) is 34.0 Å². The minimum atomic E-state index is -0.145. The summed E-state index contributed by atoms with van der Waals surface area (Å²) in [5.41, 5.74) is 2.50. The number of nitriles is 1. The molecule has 2 aromatic rings. The summed E-state index contributed by atoms with van der Waals surface area (Å²) >= 11 is 6.07. The molecule has 0 amide bonds. The van der Waals surface area contributed by atoms with Crippen LogP contribution in [0.2, 0.25) is 5.02 Å². The minimum Gasteiger partial charge on any atom is -0.445 e. The summed E-state index contributed by atoms with van der Waals surface area (Å²) in [6.45, 7) is 8.13. The van der Waals surface area contributed by atoms with E-state index >= 15 is 0 Å². The maximum atomic E-state index is 9.17. The molecule has 0 saturated heterocycles. The van der Waals surface area contributed by atoms with E-state index in [9.17, 15) is 0 Å². The molecule has 0 spiro atoms. The number of aryl methyl sites for hydroxylation is 1. The van der Waals surface area contributed by atoms with Crippen LogP contribution in [0.15, 0.2) is 16.5 Å². The molecule has 0 unspecified atom stereocenters. The Kier molecular flexibility index (Phi) is 2.67. The van der Waals surface area contributed by atoms with Crippen LogP contribution in [0, 0.1) is 18.3 Å². The van der Waals surface area contributed by atoms with Crippen LogP contribution in [0.25, 0.3) is 11.0 Å². The molecular formula is C14H14ClNO. The molecule has 0 aliphatic carbocycles. The quantitative estimate of drug-likeness (QED) is 0.684. The SMILES string of the molecule is Cc1cc(Cl)cc2c(C(C)(C)C)c(C#N)oc12. The van der Waals surface area contributed by atoms with Crippen LogP contribution in [0.5, 0.6) is 0 Å². The smallest absolute Gasteiger partial charge is 0.208 e. The molecule has 0 N–H and O–H groups in total.